The van der Waals surface area contributed by atoms with Crippen LogP contribution in [0.25, 0.3) is 11.3 Å². The Morgan fingerprint density at radius 3 is 2.33 bits per heavy atom. The van der Waals surface area contributed by atoms with Crippen LogP contribution >= 0.6 is 0 Å². The maximum Gasteiger partial charge on any atom is 0.243 e. The molecule has 19 nitrogen and oxygen atoms in total. The topological polar surface area (TPSA) is 236 Å². The first-order valence-corrected chi connectivity index (χ1v) is 25.3. The number of aliphatic hydroxyl groups excluding tert-OH is 1. The summed E-state index contributed by atoms with van der Waals surface area (Å²) in [5.74, 6) is 0.798. The molecule has 72 heavy (non-hydrogen) atoms. The molecule has 4 aliphatic rings. The van der Waals surface area contributed by atoms with E-state index in [9.17, 15) is 19.8 Å². The van der Waals surface area contributed by atoms with E-state index in [4.69, 9.17) is 25.0 Å². The molecule has 5 N–H and O–H groups in total. The molecule has 0 spiro atoms. The van der Waals surface area contributed by atoms with Crippen LogP contribution in [0.3, 0.4) is 0 Å². The Morgan fingerprint density at radius 2 is 1.61 bits per heavy atom. The third-order valence-corrected chi connectivity index (χ3v) is 14.6. The molecule has 0 unspecified atom stereocenters. The monoisotopic (exact) mass is 983 g/mol. The minimum atomic E-state index is -0.835. The number of piperazine rings is 1. The van der Waals surface area contributed by atoms with Crippen molar-refractivity contribution < 1.29 is 33.8 Å². The molecule has 19 heteroatoms. The van der Waals surface area contributed by atoms with E-state index in [0.717, 1.165) is 102 Å². The number of β-amino-alcohol motifs (C(OH)–C–C–N with tert-alkyl or cyclic N) is 1. The zero-order valence-corrected chi connectivity index (χ0v) is 41.3. The number of aromatic nitrogens is 4. The first-order chi connectivity index (χ1) is 34.9. The second-order valence-corrected chi connectivity index (χ2v) is 19.7. The lowest BCUT2D eigenvalue weighted by molar-refractivity contribution is -0.141. The SMILES string of the molecule is CC(C)[C@@H](C(=O)N1C[C@H](O)C[C@H]1C(=O)N[C@@H](C)c1ccc(C#N)cc1)c1cc(N2CCC(OCCN3CCC(Oc4cc(N5CCN(c6cc(-c7ccccc7O)nnc6N)CC5)ccn4)CC3)CC2)no1. The lowest BCUT2D eigenvalue weighted by Crippen LogP contribution is -2.48. The van der Waals surface area contributed by atoms with Gasteiger partial charge in [0.2, 0.25) is 17.7 Å². The number of pyridine rings is 1. The number of phenolic OH excluding ortho intramolecular Hbond substituents is 1. The maximum atomic E-state index is 14.2. The third-order valence-electron chi connectivity index (χ3n) is 14.6. The molecule has 4 aliphatic heterocycles. The zero-order valence-electron chi connectivity index (χ0n) is 41.3. The number of piperidine rings is 2. The van der Waals surface area contributed by atoms with Crippen molar-refractivity contribution in [3.63, 3.8) is 0 Å². The van der Waals surface area contributed by atoms with Crippen LogP contribution in [0.5, 0.6) is 11.6 Å². The summed E-state index contributed by atoms with van der Waals surface area (Å²) in [5, 5.41) is 46.0. The Morgan fingerprint density at radius 1 is 0.889 bits per heavy atom. The van der Waals surface area contributed by atoms with Crippen LogP contribution in [0.15, 0.2) is 83.5 Å². The molecule has 380 valence electrons. The van der Waals surface area contributed by atoms with E-state index in [1.165, 1.54) is 4.90 Å². The van der Waals surface area contributed by atoms with E-state index in [1.807, 2.05) is 63.4 Å². The lowest BCUT2D eigenvalue weighted by atomic mass is 9.91. The van der Waals surface area contributed by atoms with Gasteiger partial charge in [0, 0.05) is 101 Å². The van der Waals surface area contributed by atoms with Crippen molar-refractivity contribution in [2.45, 2.75) is 89.2 Å². The number of phenols is 1. The number of rotatable bonds is 16. The number of carbonyl (C=O) groups is 2. The van der Waals surface area contributed by atoms with Crippen LogP contribution in [0.4, 0.5) is 23.0 Å². The summed E-state index contributed by atoms with van der Waals surface area (Å²) in [7, 11) is 0. The zero-order chi connectivity index (χ0) is 50.3. The average Bonchev–Trinajstić information content (AvgIpc) is 4.05. The Kier molecular flexibility index (Phi) is 15.7. The van der Waals surface area contributed by atoms with Crippen LogP contribution in [-0.4, -0.2) is 149 Å². The summed E-state index contributed by atoms with van der Waals surface area (Å²) in [6.45, 7) is 13.7. The van der Waals surface area contributed by atoms with Gasteiger partial charge in [0.15, 0.2) is 17.4 Å². The van der Waals surface area contributed by atoms with Crippen molar-refractivity contribution in [3.8, 4) is 29.0 Å². The number of aliphatic hydroxyl groups is 1. The summed E-state index contributed by atoms with van der Waals surface area (Å²) >= 11 is 0. The first kappa shape index (κ1) is 50.0. The summed E-state index contributed by atoms with van der Waals surface area (Å²) in [4.78, 5) is 43.0. The second kappa shape index (κ2) is 22.6. The number of nitrogens with zero attached hydrogens (tertiary/aromatic N) is 10. The molecule has 9 rings (SSSR count). The lowest BCUT2D eigenvalue weighted by Gasteiger charge is -2.37. The molecule has 7 heterocycles. The molecule has 0 saturated carbocycles. The standard InChI is InChI=1S/C53H66N12O7/c1-34(2)50(53(69)65-33-39(66)29-45(65)52(68)57-35(3)37-10-8-36(32-54)9-11-37)47-31-48(60-72-47)64-20-15-40(16-21-64)70-27-26-61-18-13-41(14-19-61)71-49-28-38(12-17-56-49)62-22-24-63(25-23-62)44-30-43(58-59-51(44)55)42-6-4-5-7-46(42)67/h4-12,17,28,30-31,34-35,39-41,45,50,66-67H,13-16,18-27,29,33H2,1-3H3,(H2,55,59)(H,57,68)/t35-,39+,45-,50+/m0/s1. The number of para-hydroxylation sites is 1. The molecule has 2 aromatic carbocycles. The Balaban J connectivity index is 0.687. The van der Waals surface area contributed by atoms with Gasteiger partial charge in [0.25, 0.3) is 0 Å². The molecule has 0 bridgehead atoms. The smallest absolute Gasteiger partial charge is 0.243 e. The van der Waals surface area contributed by atoms with E-state index in [-0.39, 0.29) is 54.7 Å². The van der Waals surface area contributed by atoms with Crippen molar-refractivity contribution in [3.05, 3.63) is 95.9 Å². The van der Waals surface area contributed by atoms with Gasteiger partial charge in [-0.05, 0) is 80.5 Å². The van der Waals surface area contributed by atoms with E-state index >= 15 is 0 Å². The molecule has 4 atom stereocenters. The van der Waals surface area contributed by atoms with Crippen LogP contribution in [0, 0.1) is 17.2 Å². The summed E-state index contributed by atoms with van der Waals surface area (Å²) < 4.78 is 18.7. The number of carbonyl (C=O) groups excluding carboxylic acids is 2. The predicted molar refractivity (Wildman–Crippen MR) is 271 cm³/mol. The van der Waals surface area contributed by atoms with Crippen molar-refractivity contribution in [2.75, 3.05) is 92.5 Å². The summed E-state index contributed by atoms with van der Waals surface area (Å²) in [6, 6.07) is 22.8. The van der Waals surface area contributed by atoms with Gasteiger partial charge in [-0.1, -0.05) is 43.3 Å². The minimum absolute atomic E-state index is 0.0526. The number of nitrogens with one attached hydrogen (secondary N) is 1. The molecule has 5 aromatic rings. The Labute approximate surface area is 420 Å². The van der Waals surface area contributed by atoms with Crippen LogP contribution < -0.4 is 30.5 Å². The highest BCUT2D eigenvalue weighted by Crippen LogP contribution is 2.35. The number of amides is 2. The number of nitrogens with two attached hydrogens (primary N) is 1. The predicted octanol–water partition coefficient (Wildman–Crippen LogP) is 5.12. The van der Waals surface area contributed by atoms with Gasteiger partial charge in [0.1, 0.15) is 23.8 Å². The van der Waals surface area contributed by atoms with Crippen molar-refractivity contribution in [2.24, 2.45) is 5.92 Å². The number of ether oxygens (including phenoxy) is 2. The Hall–Kier alpha value is -7.01. The van der Waals surface area contributed by atoms with Crippen LogP contribution in [0.2, 0.25) is 0 Å². The average molecular weight is 983 g/mol. The fraction of sp³-hybridized carbons (Fsp3) is 0.491. The van der Waals surface area contributed by atoms with E-state index in [1.54, 1.807) is 36.4 Å². The molecule has 4 saturated heterocycles. The number of anilines is 4. The maximum absolute atomic E-state index is 14.2. The van der Waals surface area contributed by atoms with E-state index in [2.05, 4.69) is 51.3 Å². The summed E-state index contributed by atoms with van der Waals surface area (Å²) in [5.41, 5.74) is 10.7. The quantitative estimate of drug-likeness (QED) is 0.100. The molecule has 2 amide bonds. The van der Waals surface area contributed by atoms with E-state index < -0.39 is 18.1 Å². The van der Waals surface area contributed by atoms with Gasteiger partial charge < -0.3 is 59.8 Å². The van der Waals surface area contributed by atoms with Gasteiger partial charge in [-0.2, -0.15) is 5.26 Å². The van der Waals surface area contributed by atoms with Gasteiger partial charge in [-0.3, -0.25) is 9.59 Å². The Bertz CT molecular complexity index is 2670. The highest BCUT2D eigenvalue weighted by atomic mass is 16.5. The molecular formula is C53H66N12O7. The van der Waals surface area contributed by atoms with Crippen molar-refractivity contribution in [1.82, 2.24) is 35.5 Å². The number of aromatic hydroxyl groups is 1. The van der Waals surface area contributed by atoms with Gasteiger partial charge in [0.05, 0.1) is 47.9 Å². The first-order valence-electron chi connectivity index (χ1n) is 25.3. The second-order valence-electron chi connectivity index (χ2n) is 19.7. The molecule has 3 aromatic heterocycles. The number of likely N-dealkylation sites (tertiary alicyclic amines) is 2. The third kappa shape index (κ3) is 11.7. The fourth-order valence-corrected chi connectivity index (χ4v) is 10.4. The number of nitriles is 1. The van der Waals surface area contributed by atoms with Gasteiger partial charge in [-0.25, -0.2) is 4.98 Å². The number of benzene rings is 2. The molecule has 0 radical (unpaired) electrons. The highest BCUT2D eigenvalue weighted by Gasteiger charge is 2.44. The van der Waals surface area contributed by atoms with Crippen LogP contribution in [-0.2, 0) is 14.3 Å². The summed E-state index contributed by atoms with van der Waals surface area (Å²) in [6.07, 6.45) is 4.85. The molecular weight excluding hydrogens is 917 g/mol. The highest BCUT2D eigenvalue weighted by molar-refractivity contribution is 5.91. The molecule has 0 aliphatic carbocycles. The van der Waals surface area contributed by atoms with E-state index in [0.29, 0.717) is 46.7 Å². The molecule has 4 fully saturated rings. The van der Waals surface area contributed by atoms with Gasteiger partial charge in [-0.15, -0.1) is 10.2 Å². The number of nitrogen functional groups attached to an aromatic ring is 1. The number of hydrogen-bond donors (Lipinski definition) is 4. The largest absolute Gasteiger partial charge is 0.507 e. The normalized spacial score (nSPS) is 20.1. The van der Waals surface area contributed by atoms with Gasteiger partial charge >= 0.3 is 0 Å². The van der Waals surface area contributed by atoms with Crippen molar-refractivity contribution in [1.29, 1.82) is 5.26 Å². The van der Waals surface area contributed by atoms with Crippen LogP contribution in [0.1, 0.15) is 81.7 Å². The van der Waals surface area contributed by atoms with Crippen molar-refractivity contribution >= 4 is 34.8 Å². The number of hydrogen-bond acceptors (Lipinski definition) is 17. The minimum Gasteiger partial charge on any atom is -0.507 e. The fourth-order valence-electron chi connectivity index (χ4n) is 10.4.